The lowest BCUT2D eigenvalue weighted by molar-refractivity contribution is 0.356. The van der Waals surface area contributed by atoms with E-state index in [9.17, 15) is 0 Å². The van der Waals surface area contributed by atoms with Gasteiger partial charge < -0.3 is 0 Å². The van der Waals surface area contributed by atoms with E-state index < -0.39 is 49.2 Å². The van der Waals surface area contributed by atoms with Crippen LogP contribution in [0.4, 0.5) is 0 Å². The predicted molar refractivity (Wildman–Crippen MR) is 64.6 cm³/mol. The fraction of sp³-hybridized carbons (Fsp3) is 0.600. The molecule has 0 saturated heterocycles. The molecule has 2 atom stereocenters. The van der Waals surface area contributed by atoms with Crippen LogP contribution in [0.15, 0.2) is 34.9 Å². The maximum atomic E-state index is 8.82. The minimum absolute atomic E-state index is 0.0609. The molecule has 0 amide bonds. The third-order valence-electron chi connectivity index (χ3n) is 2.79. The first-order chi connectivity index (χ1) is 11.9. The number of hydrogen-bond donors (Lipinski definition) is 0. The summed E-state index contributed by atoms with van der Waals surface area (Å²) >= 11 is 0. The van der Waals surface area contributed by atoms with Gasteiger partial charge in [0.15, 0.2) is 0 Å². The van der Waals surface area contributed by atoms with Gasteiger partial charge in [-0.05, 0) is 61.8 Å². The van der Waals surface area contributed by atoms with Crippen LogP contribution in [0.2, 0.25) is 0 Å². The first kappa shape index (κ1) is 3.12. The van der Waals surface area contributed by atoms with Crippen molar-refractivity contribution in [2.45, 2.75) is 45.2 Å². The zero-order valence-electron chi connectivity index (χ0n) is 20.4. The van der Waals surface area contributed by atoms with Gasteiger partial charge in [-0.1, -0.05) is 30.2 Å². The Morgan fingerprint density at radius 1 is 1.40 bits per heavy atom. The fourth-order valence-electron chi connectivity index (χ4n) is 2.00. The summed E-state index contributed by atoms with van der Waals surface area (Å²) in [5.41, 5.74) is -0.770. The summed E-state index contributed by atoms with van der Waals surface area (Å²) in [6, 6.07) is 0. The van der Waals surface area contributed by atoms with E-state index in [2.05, 4.69) is 0 Å². The molecule has 0 spiro atoms. The summed E-state index contributed by atoms with van der Waals surface area (Å²) < 4.78 is 100. The lowest BCUT2D eigenvalue weighted by Gasteiger charge is -2.38. The highest BCUT2D eigenvalue weighted by atomic mass is 14.4. The van der Waals surface area contributed by atoms with E-state index in [0.29, 0.717) is 0 Å². The second-order valence-electron chi connectivity index (χ2n) is 3.69. The van der Waals surface area contributed by atoms with E-state index in [-0.39, 0.29) is 17.6 Å². The van der Waals surface area contributed by atoms with Crippen molar-refractivity contribution in [2.75, 3.05) is 0 Å². The first-order valence-electron chi connectivity index (χ1n) is 11.0. The molecule has 0 aromatic heterocycles. The van der Waals surface area contributed by atoms with Gasteiger partial charge >= 0.3 is 0 Å². The summed E-state index contributed by atoms with van der Waals surface area (Å²) in [4.78, 5) is 0. The van der Waals surface area contributed by atoms with Crippen LogP contribution in [-0.2, 0) is 0 Å². The molecular formula is C15H20. The van der Waals surface area contributed by atoms with Crippen LogP contribution >= 0.6 is 0 Å². The fourth-order valence-corrected chi connectivity index (χ4v) is 2.00. The largest absolute Gasteiger partial charge is 0.0839 e. The van der Waals surface area contributed by atoms with Crippen LogP contribution in [-0.4, -0.2) is 0 Å². The van der Waals surface area contributed by atoms with Gasteiger partial charge in [-0.2, -0.15) is 0 Å². The van der Waals surface area contributed by atoms with Crippen molar-refractivity contribution < 1.29 is 16.4 Å². The lowest BCUT2D eigenvalue weighted by Crippen LogP contribution is -2.24. The zero-order valence-corrected chi connectivity index (χ0v) is 8.44. The molecule has 0 bridgehead atoms. The van der Waals surface area contributed by atoms with E-state index >= 15 is 0 Å². The summed E-state index contributed by atoms with van der Waals surface area (Å²) in [6.45, 7) is 1.33. The predicted octanol–water partition coefficient (Wildman–Crippen LogP) is 4.40. The zero-order chi connectivity index (χ0) is 21.1. The molecule has 2 unspecified atom stereocenters. The Bertz CT molecular complexity index is 802. The van der Waals surface area contributed by atoms with Crippen molar-refractivity contribution >= 4 is 0 Å². The molecule has 1 fully saturated rings. The van der Waals surface area contributed by atoms with Crippen LogP contribution in [0.25, 0.3) is 0 Å². The van der Waals surface area contributed by atoms with Gasteiger partial charge in [-0.25, -0.2) is 0 Å². The third-order valence-corrected chi connectivity index (χ3v) is 2.79. The summed E-state index contributed by atoms with van der Waals surface area (Å²) in [5, 5.41) is 0. The second kappa shape index (κ2) is 3.66. The Morgan fingerprint density at radius 2 is 2.33 bits per heavy atom. The molecule has 0 aromatic carbocycles. The van der Waals surface area contributed by atoms with Crippen molar-refractivity contribution in [3.05, 3.63) is 34.9 Å². The number of rotatable bonds is 0. The Hall–Kier alpha value is -0.780. The monoisotopic (exact) mass is 212 g/mol. The molecule has 0 heteroatoms. The van der Waals surface area contributed by atoms with Crippen molar-refractivity contribution in [2.24, 2.45) is 11.8 Å². The van der Waals surface area contributed by atoms with Gasteiger partial charge in [0.2, 0.25) is 0 Å². The molecule has 80 valence electrons. The van der Waals surface area contributed by atoms with E-state index in [1.54, 1.807) is 6.08 Å². The molecule has 3 aliphatic carbocycles. The average Bonchev–Trinajstić information content (AvgIpc) is 2.51. The van der Waals surface area contributed by atoms with Crippen LogP contribution in [0.1, 0.15) is 61.7 Å². The quantitative estimate of drug-likeness (QED) is 0.558. The van der Waals surface area contributed by atoms with E-state index in [4.69, 9.17) is 16.4 Å². The van der Waals surface area contributed by atoms with Gasteiger partial charge in [-0.15, -0.1) is 0 Å². The minimum Gasteiger partial charge on any atom is -0.0839 e. The molecule has 0 aromatic rings. The van der Waals surface area contributed by atoms with Gasteiger partial charge in [0.1, 0.15) is 0 Å². The maximum Gasteiger partial charge on any atom is 0.0356 e. The van der Waals surface area contributed by atoms with Crippen LogP contribution in [0, 0.1) is 11.8 Å². The maximum absolute atomic E-state index is 8.82. The smallest absolute Gasteiger partial charge is 0.0356 e. The molecule has 3 aliphatic rings. The second-order valence-corrected chi connectivity index (χ2v) is 3.69. The van der Waals surface area contributed by atoms with E-state index in [0.717, 1.165) is 0 Å². The number of allylic oxidation sites excluding steroid dienone is 6. The minimum atomic E-state index is -3.52. The average molecular weight is 212 g/mol. The van der Waals surface area contributed by atoms with Gasteiger partial charge in [-0.3, -0.25) is 0 Å². The molecule has 0 nitrogen and oxygen atoms in total. The highest BCUT2D eigenvalue weighted by molar-refractivity contribution is 5.44. The highest BCUT2D eigenvalue weighted by Gasteiger charge is 2.31. The van der Waals surface area contributed by atoms with Gasteiger partial charge in [0.25, 0.3) is 0 Å². The molecule has 1 saturated carbocycles. The van der Waals surface area contributed by atoms with Crippen LogP contribution in [0.3, 0.4) is 0 Å². The van der Waals surface area contributed by atoms with E-state index in [1.807, 2.05) is 0 Å². The van der Waals surface area contributed by atoms with Gasteiger partial charge in [0.05, 0.1) is 0 Å². The molecule has 0 N–H and O–H groups in total. The Morgan fingerprint density at radius 3 is 3.27 bits per heavy atom. The molecule has 15 heavy (non-hydrogen) atoms. The van der Waals surface area contributed by atoms with Crippen molar-refractivity contribution in [3.63, 3.8) is 0 Å². The third kappa shape index (κ3) is 1.51. The Labute approximate surface area is 110 Å². The van der Waals surface area contributed by atoms with Crippen molar-refractivity contribution in [1.82, 2.24) is 0 Å². The summed E-state index contributed by atoms with van der Waals surface area (Å²) in [7, 11) is 0. The van der Waals surface area contributed by atoms with Gasteiger partial charge in [0, 0.05) is 16.4 Å². The van der Waals surface area contributed by atoms with Crippen molar-refractivity contribution in [1.29, 1.82) is 0 Å². The highest BCUT2D eigenvalue weighted by Crippen LogP contribution is 2.46. The van der Waals surface area contributed by atoms with Crippen LogP contribution < -0.4 is 0 Å². The molecule has 3 rings (SSSR count). The van der Waals surface area contributed by atoms with Crippen LogP contribution in [0.5, 0.6) is 0 Å². The Kier molecular flexibility index (Phi) is 0.762. The Balaban J connectivity index is 2.56. The normalized spacial score (nSPS) is 73.0. The SMILES string of the molecule is [2H]C1([2H])C2=C(C)C3=CC=CCC3([2H])C([2H])([2H])C2([2H])C([2H])([2H])C([2H])([2H])C1([2H])[2H]. The number of hydrogen-bond acceptors (Lipinski definition) is 0. The topological polar surface area (TPSA) is 0 Å². The summed E-state index contributed by atoms with van der Waals surface area (Å²) in [6.07, 6.45) is -12.3. The van der Waals surface area contributed by atoms with E-state index in [1.165, 1.54) is 19.1 Å². The standard InChI is InChI=1S/C15H20/c1-11-14-8-4-2-6-12(14)10-13-7-3-5-9-15(11)13/h2,4,8,12-13H,3,5-7,9-10H2,1H3/i3D2,5D2,7D2,9D2,10D2,12D,13D. The number of fused-ring (bicyclic) bond motifs is 2. The first-order valence-corrected chi connectivity index (χ1v) is 4.97. The molecule has 0 heterocycles. The molecule has 0 aliphatic heterocycles. The lowest BCUT2D eigenvalue weighted by atomic mass is 9.67. The molecule has 0 radical (unpaired) electrons. The van der Waals surface area contributed by atoms with Crippen molar-refractivity contribution in [3.8, 4) is 0 Å². The summed E-state index contributed by atoms with van der Waals surface area (Å²) in [5.74, 6) is -5.27. The molecular weight excluding hydrogens is 180 g/mol.